The molecule has 0 aliphatic carbocycles. The number of halogens is 2. The molecule has 3 rings (SSSR count). The number of amides is 1. The zero-order valence-electron chi connectivity index (χ0n) is 23.8. The van der Waals surface area contributed by atoms with E-state index in [2.05, 4.69) is 45.3 Å². The second-order valence-corrected chi connectivity index (χ2v) is 17.0. The van der Waals surface area contributed by atoms with Gasteiger partial charge >= 0.3 is 0 Å². The second kappa shape index (κ2) is 13.8. The van der Waals surface area contributed by atoms with Gasteiger partial charge in [0, 0.05) is 32.1 Å². The number of aliphatic hydroxyl groups excluding tert-OH is 1. The number of ether oxygens (including phenoxy) is 1. The van der Waals surface area contributed by atoms with Crippen LogP contribution in [0.4, 0.5) is 0 Å². The summed E-state index contributed by atoms with van der Waals surface area (Å²) in [5.41, 5.74) is 1.52. The molecule has 40 heavy (non-hydrogen) atoms. The lowest BCUT2D eigenvalue weighted by atomic mass is 9.95. The van der Waals surface area contributed by atoms with E-state index in [1.165, 1.54) is 0 Å². The molecule has 0 aromatic heterocycles. The Bertz CT molecular complexity index is 1380. The molecule has 214 valence electrons. The van der Waals surface area contributed by atoms with Gasteiger partial charge in [-0.1, -0.05) is 74.3 Å². The molecule has 6 nitrogen and oxygen atoms in total. The fourth-order valence-corrected chi connectivity index (χ4v) is 5.52. The largest absolute Gasteiger partial charge is 0.491 e. The lowest BCUT2D eigenvalue weighted by Crippen LogP contribution is -2.41. The first-order valence-corrected chi connectivity index (χ1v) is 17.1. The Kier molecular flexibility index (Phi) is 11.0. The van der Waals surface area contributed by atoms with Crippen molar-refractivity contribution in [2.75, 3.05) is 26.4 Å². The predicted molar refractivity (Wildman–Crippen MR) is 165 cm³/mol. The molecule has 3 aromatic carbocycles. The summed E-state index contributed by atoms with van der Waals surface area (Å²) < 4.78 is 12.3. The van der Waals surface area contributed by atoms with Gasteiger partial charge in [0.1, 0.15) is 11.8 Å². The third kappa shape index (κ3) is 7.77. The van der Waals surface area contributed by atoms with Crippen LogP contribution in [0.25, 0.3) is 10.8 Å². The SMILES string of the molecule is CC(C)(C)[Si](C)(C)OCC[C@H](CNC(=O)c1c(OCCCO)c(C#N)cc2ccccc12)c1ccc(Cl)c(Cl)c1. The van der Waals surface area contributed by atoms with Crippen LogP contribution in [0.3, 0.4) is 0 Å². The maximum absolute atomic E-state index is 13.8. The van der Waals surface area contributed by atoms with E-state index < -0.39 is 8.32 Å². The number of nitrogens with one attached hydrogen (secondary N) is 1. The van der Waals surface area contributed by atoms with E-state index >= 15 is 0 Å². The Morgan fingerprint density at radius 3 is 2.48 bits per heavy atom. The van der Waals surface area contributed by atoms with E-state index in [1.807, 2.05) is 36.4 Å². The monoisotopic (exact) mass is 600 g/mol. The molecule has 0 unspecified atom stereocenters. The molecular weight excluding hydrogens is 563 g/mol. The van der Waals surface area contributed by atoms with Crippen molar-refractivity contribution in [1.29, 1.82) is 5.26 Å². The smallest absolute Gasteiger partial charge is 0.255 e. The van der Waals surface area contributed by atoms with E-state index in [1.54, 1.807) is 12.1 Å². The van der Waals surface area contributed by atoms with E-state index in [0.29, 0.717) is 47.0 Å². The summed E-state index contributed by atoms with van der Waals surface area (Å²) in [5.74, 6) is -0.213. The van der Waals surface area contributed by atoms with E-state index in [9.17, 15) is 15.2 Å². The number of carbonyl (C=O) groups excluding carboxylic acids is 1. The molecule has 1 atom stereocenters. The second-order valence-electron chi connectivity index (χ2n) is 11.4. The number of nitrogens with zero attached hydrogens (tertiary/aromatic N) is 1. The fourth-order valence-electron chi connectivity index (χ4n) is 4.16. The van der Waals surface area contributed by atoms with Crippen molar-refractivity contribution in [1.82, 2.24) is 5.32 Å². The van der Waals surface area contributed by atoms with Crippen LogP contribution in [-0.4, -0.2) is 45.7 Å². The van der Waals surface area contributed by atoms with Crippen LogP contribution in [0, 0.1) is 11.3 Å². The number of hydrogen-bond acceptors (Lipinski definition) is 5. The Labute approximate surface area is 248 Å². The number of fused-ring (bicyclic) bond motifs is 1. The molecule has 0 fully saturated rings. The zero-order valence-corrected chi connectivity index (χ0v) is 26.3. The number of nitriles is 1. The minimum atomic E-state index is -1.95. The summed E-state index contributed by atoms with van der Waals surface area (Å²) in [6, 6.07) is 16.8. The lowest BCUT2D eigenvalue weighted by Gasteiger charge is -2.36. The van der Waals surface area contributed by atoms with Crippen LogP contribution in [-0.2, 0) is 4.43 Å². The summed E-state index contributed by atoms with van der Waals surface area (Å²) in [6.07, 6.45) is 1.05. The van der Waals surface area contributed by atoms with Crippen LogP contribution >= 0.6 is 23.2 Å². The first-order chi connectivity index (χ1) is 18.9. The molecule has 0 saturated heterocycles. The highest BCUT2D eigenvalue weighted by Gasteiger charge is 2.37. The van der Waals surface area contributed by atoms with Crippen molar-refractivity contribution in [2.24, 2.45) is 0 Å². The van der Waals surface area contributed by atoms with Crippen LogP contribution < -0.4 is 10.1 Å². The molecule has 0 aliphatic heterocycles. The highest BCUT2D eigenvalue weighted by molar-refractivity contribution is 6.74. The molecule has 3 aromatic rings. The minimum absolute atomic E-state index is 0.0563. The maximum Gasteiger partial charge on any atom is 0.255 e. The van der Waals surface area contributed by atoms with Crippen LogP contribution in [0.2, 0.25) is 28.2 Å². The van der Waals surface area contributed by atoms with Crippen molar-refractivity contribution in [3.05, 3.63) is 75.3 Å². The standard InChI is InChI=1S/C31H38Cl2N2O4Si/c1-31(2,3)40(4,5)39-16-13-23(21-11-12-26(32)27(33)18-21)20-35-30(37)28-25-10-7-6-9-22(25)17-24(19-34)29(28)38-15-8-14-36/h6-7,9-12,17-18,23,36H,8,13-16,20H2,1-5H3,(H,35,37)/t23-/m1/s1. The van der Waals surface area contributed by atoms with E-state index in [-0.39, 0.29) is 41.4 Å². The van der Waals surface area contributed by atoms with E-state index in [0.717, 1.165) is 10.9 Å². The van der Waals surface area contributed by atoms with Gasteiger partial charge in [0.15, 0.2) is 8.32 Å². The Morgan fingerprint density at radius 1 is 1.10 bits per heavy atom. The average molecular weight is 602 g/mol. The van der Waals surface area contributed by atoms with Gasteiger partial charge in [-0.25, -0.2) is 0 Å². The van der Waals surface area contributed by atoms with Gasteiger partial charge in [-0.15, -0.1) is 0 Å². The highest BCUT2D eigenvalue weighted by atomic mass is 35.5. The summed E-state index contributed by atoms with van der Waals surface area (Å²) in [7, 11) is -1.95. The van der Waals surface area contributed by atoms with Crippen LogP contribution in [0.5, 0.6) is 5.75 Å². The van der Waals surface area contributed by atoms with Crippen molar-refractivity contribution in [3.63, 3.8) is 0 Å². The Hall–Kier alpha value is -2.60. The molecule has 0 bridgehead atoms. The summed E-state index contributed by atoms with van der Waals surface area (Å²) in [5, 5.41) is 24.6. The maximum atomic E-state index is 13.8. The fraction of sp³-hybridized carbons (Fsp3) is 0.419. The van der Waals surface area contributed by atoms with Gasteiger partial charge < -0.3 is 19.6 Å². The predicted octanol–water partition coefficient (Wildman–Crippen LogP) is 7.70. The van der Waals surface area contributed by atoms with Gasteiger partial charge in [-0.2, -0.15) is 5.26 Å². The summed E-state index contributed by atoms with van der Waals surface area (Å²) in [4.78, 5) is 13.8. The first-order valence-electron chi connectivity index (χ1n) is 13.5. The quantitative estimate of drug-likeness (QED) is 0.164. The molecule has 9 heteroatoms. The first kappa shape index (κ1) is 31.9. The van der Waals surface area contributed by atoms with Crippen LogP contribution in [0.1, 0.15) is 61.0 Å². The van der Waals surface area contributed by atoms with Gasteiger partial charge in [0.25, 0.3) is 5.91 Å². The lowest BCUT2D eigenvalue weighted by molar-refractivity contribution is 0.0947. The van der Waals surface area contributed by atoms with Gasteiger partial charge in [0.2, 0.25) is 0 Å². The molecule has 0 radical (unpaired) electrons. The normalized spacial score (nSPS) is 12.7. The molecule has 0 saturated carbocycles. The highest BCUT2D eigenvalue weighted by Crippen LogP contribution is 2.37. The molecule has 0 aliphatic rings. The van der Waals surface area contributed by atoms with Crippen molar-refractivity contribution >= 4 is 48.2 Å². The van der Waals surface area contributed by atoms with Crippen molar-refractivity contribution < 1.29 is 19.1 Å². The van der Waals surface area contributed by atoms with Crippen molar-refractivity contribution in [2.45, 2.75) is 57.7 Å². The Balaban J connectivity index is 1.91. The molecule has 1 amide bonds. The molecule has 0 heterocycles. The number of aliphatic hydroxyl groups is 1. The van der Waals surface area contributed by atoms with Crippen LogP contribution in [0.15, 0.2) is 48.5 Å². The minimum Gasteiger partial charge on any atom is -0.491 e. The molecular formula is C31H38Cl2N2O4Si. The zero-order chi connectivity index (χ0) is 29.5. The van der Waals surface area contributed by atoms with Gasteiger partial charge in [-0.05, 0) is 59.1 Å². The van der Waals surface area contributed by atoms with E-state index in [4.69, 9.17) is 32.4 Å². The average Bonchev–Trinajstić information content (AvgIpc) is 2.90. The third-order valence-corrected chi connectivity index (χ3v) is 12.8. The molecule has 2 N–H and O–H groups in total. The number of carbonyl (C=O) groups is 1. The van der Waals surface area contributed by atoms with Gasteiger partial charge in [-0.3, -0.25) is 4.79 Å². The number of rotatable bonds is 12. The van der Waals surface area contributed by atoms with Gasteiger partial charge in [0.05, 0.1) is 27.8 Å². The molecule has 0 spiro atoms. The summed E-state index contributed by atoms with van der Waals surface area (Å²) in [6.45, 7) is 12.0. The summed E-state index contributed by atoms with van der Waals surface area (Å²) >= 11 is 12.5. The Morgan fingerprint density at radius 2 is 1.82 bits per heavy atom. The number of benzene rings is 3. The third-order valence-electron chi connectivity index (χ3n) is 7.56. The topological polar surface area (TPSA) is 91.6 Å². The number of hydrogen-bond donors (Lipinski definition) is 2. The van der Waals surface area contributed by atoms with Crippen molar-refractivity contribution in [3.8, 4) is 11.8 Å².